The summed E-state index contributed by atoms with van der Waals surface area (Å²) in [6.07, 6.45) is 4.44. The molecule has 0 spiro atoms. The van der Waals surface area contributed by atoms with Gasteiger partial charge in [0.2, 0.25) is 0 Å². The van der Waals surface area contributed by atoms with E-state index >= 15 is 0 Å². The zero-order valence-corrected chi connectivity index (χ0v) is 16.0. The SMILES string of the molecule is C=CC(C)(CCCc1ccc(F)c(Oc2ccccc2)c1)c1ccc(F)cc1. The van der Waals surface area contributed by atoms with Crippen molar-refractivity contribution < 1.29 is 13.5 Å². The van der Waals surface area contributed by atoms with Gasteiger partial charge in [-0.2, -0.15) is 0 Å². The lowest BCUT2D eigenvalue weighted by atomic mass is 9.78. The largest absolute Gasteiger partial charge is 0.454 e. The van der Waals surface area contributed by atoms with E-state index in [0.29, 0.717) is 5.75 Å². The van der Waals surface area contributed by atoms with Gasteiger partial charge in [-0.3, -0.25) is 0 Å². The first-order chi connectivity index (χ1) is 13.5. The number of hydrogen-bond donors (Lipinski definition) is 0. The first kappa shape index (κ1) is 19.8. The molecular weight excluding hydrogens is 354 g/mol. The van der Waals surface area contributed by atoms with E-state index in [0.717, 1.165) is 30.4 Å². The molecule has 3 aromatic rings. The van der Waals surface area contributed by atoms with Crippen LogP contribution in [0.1, 0.15) is 30.9 Å². The highest BCUT2D eigenvalue weighted by Crippen LogP contribution is 2.32. The van der Waals surface area contributed by atoms with Crippen LogP contribution in [0.4, 0.5) is 8.78 Å². The third kappa shape index (κ3) is 4.86. The molecule has 0 amide bonds. The standard InChI is InChI=1S/C25H24F2O/c1-3-25(2,20-12-14-21(26)15-13-20)17-7-8-19-11-16-23(27)24(18-19)28-22-9-5-4-6-10-22/h3-6,9-16,18H,1,7-8,17H2,2H3. The number of allylic oxidation sites excluding steroid dienone is 1. The lowest BCUT2D eigenvalue weighted by Crippen LogP contribution is -2.18. The molecule has 0 saturated carbocycles. The van der Waals surface area contributed by atoms with Crippen molar-refractivity contribution in [1.82, 2.24) is 0 Å². The molecule has 0 aliphatic heterocycles. The highest BCUT2D eigenvalue weighted by Gasteiger charge is 2.22. The topological polar surface area (TPSA) is 9.23 Å². The van der Waals surface area contributed by atoms with E-state index in [9.17, 15) is 8.78 Å². The molecule has 0 aliphatic carbocycles. The van der Waals surface area contributed by atoms with Crippen molar-refractivity contribution >= 4 is 0 Å². The first-order valence-electron chi connectivity index (χ1n) is 9.41. The molecule has 0 heterocycles. The summed E-state index contributed by atoms with van der Waals surface area (Å²) in [5.74, 6) is 0.213. The van der Waals surface area contributed by atoms with Crippen LogP contribution in [0.2, 0.25) is 0 Å². The predicted octanol–water partition coefficient (Wildman–Crippen LogP) is 7.22. The van der Waals surface area contributed by atoms with E-state index in [1.54, 1.807) is 36.4 Å². The number of halogens is 2. The second kappa shape index (κ2) is 8.83. The van der Waals surface area contributed by atoms with Crippen LogP contribution in [0, 0.1) is 11.6 Å². The predicted molar refractivity (Wildman–Crippen MR) is 110 cm³/mol. The number of benzene rings is 3. The zero-order valence-electron chi connectivity index (χ0n) is 16.0. The molecule has 0 N–H and O–H groups in total. The van der Waals surface area contributed by atoms with Gasteiger partial charge < -0.3 is 4.74 Å². The van der Waals surface area contributed by atoms with Crippen molar-refractivity contribution in [2.24, 2.45) is 0 Å². The average Bonchev–Trinajstić information content (AvgIpc) is 2.71. The first-order valence-corrected chi connectivity index (χ1v) is 9.41. The average molecular weight is 378 g/mol. The van der Waals surface area contributed by atoms with Gasteiger partial charge in [0.1, 0.15) is 11.6 Å². The monoisotopic (exact) mass is 378 g/mol. The Labute approximate surface area is 165 Å². The van der Waals surface area contributed by atoms with Crippen LogP contribution in [0.3, 0.4) is 0 Å². The lowest BCUT2D eigenvalue weighted by molar-refractivity contribution is 0.441. The Balaban J connectivity index is 1.66. The molecule has 3 aromatic carbocycles. The van der Waals surface area contributed by atoms with Gasteiger partial charge in [0.15, 0.2) is 11.6 Å². The molecule has 144 valence electrons. The quantitative estimate of drug-likeness (QED) is 0.376. The molecule has 3 heteroatoms. The van der Waals surface area contributed by atoms with Crippen molar-refractivity contribution in [3.05, 3.63) is 108 Å². The van der Waals surface area contributed by atoms with Crippen LogP contribution >= 0.6 is 0 Å². The Kier molecular flexibility index (Phi) is 6.25. The third-order valence-corrected chi connectivity index (χ3v) is 5.08. The Morgan fingerprint density at radius 3 is 2.36 bits per heavy atom. The maximum absolute atomic E-state index is 14.1. The Morgan fingerprint density at radius 2 is 1.68 bits per heavy atom. The van der Waals surface area contributed by atoms with Gasteiger partial charge in [0.05, 0.1) is 0 Å². The second-order valence-corrected chi connectivity index (χ2v) is 7.16. The molecule has 1 nitrogen and oxygen atoms in total. The van der Waals surface area contributed by atoms with Crippen molar-refractivity contribution in [2.75, 3.05) is 0 Å². The van der Waals surface area contributed by atoms with Crippen LogP contribution < -0.4 is 4.74 Å². The van der Waals surface area contributed by atoms with Crippen LogP contribution in [-0.4, -0.2) is 0 Å². The van der Waals surface area contributed by atoms with E-state index in [2.05, 4.69) is 13.5 Å². The van der Waals surface area contributed by atoms with Gasteiger partial charge in [-0.1, -0.05) is 49.4 Å². The van der Waals surface area contributed by atoms with E-state index in [1.807, 2.05) is 24.3 Å². The summed E-state index contributed by atoms with van der Waals surface area (Å²) in [6.45, 7) is 6.07. The van der Waals surface area contributed by atoms with Gasteiger partial charge in [-0.15, -0.1) is 6.58 Å². The minimum Gasteiger partial charge on any atom is -0.454 e. The van der Waals surface area contributed by atoms with Crippen LogP contribution in [0.5, 0.6) is 11.5 Å². The third-order valence-electron chi connectivity index (χ3n) is 5.08. The highest BCUT2D eigenvalue weighted by atomic mass is 19.1. The van der Waals surface area contributed by atoms with E-state index in [-0.39, 0.29) is 22.8 Å². The Morgan fingerprint density at radius 1 is 0.964 bits per heavy atom. The fourth-order valence-corrected chi connectivity index (χ4v) is 3.25. The second-order valence-electron chi connectivity index (χ2n) is 7.16. The maximum atomic E-state index is 14.1. The molecule has 28 heavy (non-hydrogen) atoms. The number of rotatable bonds is 8. The summed E-state index contributed by atoms with van der Waals surface area (Å²) in [5, 5.41) is 0. The van der Waals surface area contributed by atoms with E-state index in [1.165, 1.54) is 18.2 Å². The van der Waals surface area contributed by atoms with Crippen LogP contribution in [-0.2, 0) is 11.8 Å². The van der Waals surface area contributed by atoms with Crippen molar-refractivity contribution in [2.45, 2.75) is 31.6 Å². The number of hydrogen-bond acceptors (Lipinski definition) is 1. The highest BCUT2D eigenvalue weighted by molar-refractivity contribution is 5.35. The Bertz CT molecular complexity index is 919. The maximum Gasteiger partial charge on any atom is 0.165 e. The van der Waals surface area contributed by atoms with Gasteiger partial charge in [-0.05, 0) is 66.8 Å². The molecule has 0 radical (unpaired) electrons. The molecular formula is C25H24F2O. The minimum atomic E-state index is -0.380. The molecule has 3 rings (SSSR count). The molecule has 1 unspecified atom stereocenters. The Hall–Kier alpha value is -2.94. The summed E-state index contributed by atoms with van der Waals surface area (Å²) in [4.78, 5) is 0. The fraction of sp³-hybridized carbons (Fsp3) is 0.200. The van der Waals surface area contributed by atoms with Crippen LogP contribution in [0.15, 0.2) is 85.5 Å². The normalized spacial score (nSPS) is 13.0. The number of para-hydroxylation sites is 1. The van der Waals surface area contributed by atoms with Crippen molar-refractivity contribution in [3.8, 4) is 11.5 Å². The van der Waals surface area contributed by atoms with Crippen molar-refractivity contribution in [3.63, 3.8) is 0 Å². The van der Waals surface area contributed by atoms with Crippen LogP contribution in [0.25, 0.3) is 0 Å². The van der Waals surface area contributed by atoms with Crippen molar-refractivity contribution in [1.29, 1.82) is 0 Å². The van der Waals surface area contributed by atoms with Gasteiger partial charge >= 0.3 is 0 Å². The molecule has 0 bridgehead atoms. The summed E-state index contributed by atoms with van der Waals surface area (Å²) < 4.78 is 33.0. The summed E-state index contributed by atoms with van der Waals surface area (Å²) in [7, 11) is 0. The fourth-order valence-electron chi connectivity index (χ4n) is 3.25. The molecule has 0 fully saturated rings. The number of ether oxygens (including phenoxy) is 1. The smallest absolute Gasteiger partial charge is 0.165 e. The molecule has 1 atom stereocenters. The zero-order chi connectivity index (χ0) is 20.0. The molecule has 0 aliphatic rings. The van der Waals surface area contributed by atoms with Gasteiger partial charge in [0, 0.05) is 5.41 Å². The summed E-state index contributed by atoms with van der Waals surface area (Å²) in [5.41, 5.74) is 1.81. The van der Waals surface area contributed by atoms with E-state index < -0.39 is 0 Å². The minimum absolute atomic E-state index is 0.230. The molecule has 0 saturated heterocycles. The van der Waals surface area contributed by atoms with E-state index in [4.69, 9.17) is 4.74 Å². The number of aryl methyl sites for hydroxylation is 1. The van der Waals surface area contributed by atoms with Gasteiger partial charge in [0.25, 0.3) is 0 Å². The summed E-state index contributed by atoms with van der Waals surface area (Å²) in [6, 6.07) is 20.7. The van der Waals surface area contributed by atoms with Gasteiger partial charge in [-0.25, -0.2) is 8.78 Å². The molecule has 0 aromatic heterocycles. The lowest BCUT2D eigenvalue weighted by Gasteiger charge is -2.26. The summed E-state index contributed by atoms with van der Waals surface area (Å²) >= 11 is 0.